The maximum atomic E-state index is 13.0. The maximum Gasteiger partial charge on any atom is 0.141 e. The quantitative estimate of drug-likeness (QED) is 0.880. The molecule has 4 heteroatoms. The molecule has 0 aromatic carbocycles. The summed E-state index contributed by atoms with van der Waals surface area (Å²) in [6.07, 6.45) is 6.59. The molecule has 3 nitrogen and oxygen atoms in total. The number of nitrogens with one attached hydrogen (secondary N) is 1. The van der Waals surface area contributed by atoms with Crippen LogP contribution >= 0.6 is 0 Å². The van der Waals surface area contributed by atoms with Crippen molar-refractivity contribution in [2.24, 2.45) is 5.41 Å². The van der Waals surface area contributed by atoms with Gasteiger partial charge in [0, 0.05) is 19.3 Å². The fraction of sp³-hybridized carbons (Fsp3) is 0.667. The minimum Gasteiger partial charge on any atom is -0.389 e. The van der Waals surface area contributed by atoms with Gasteiger partial charge in [-0.05, 0) is 42.7 Å². The standard InChI is InChI=1S/C15H23FN2O/c1-14(2)3-5-15(19,6-4-14)11-18-9-12-7-13(16)10-17-8-12/h7-8,10,18-19H,3-6,9,11H2,1-2H3. The molecule has 0 bridgehead atoms. The second-order valence-electron chi connectivity index (χ2n) is 6.50. The Hall–Kier alpha value is -1.00. The van der Waals surface area contributed by atoms with Gasteiger partial charge in [-0.15, -0.1) is 0 Å². The van der Waals surface area contributed by atoms with E-state index in [1.54, 1.807) is 6.20 Å². The van der Waals surface area contributed by atoms with Gasteiger partial charge in [0.15, 0.2) is 0 Å². The van der Waals surface area contributed by atoms with Crippen molar-refractivity contribution in [1.29, 1.82) is 0 Å². The summed E-state index contributed by atoms with van der Waals surface area (Å²) in [5, 5.41) is 13.7. The highest BCUT2D eigenvalue weighted by molar-refractivity contribution is 5.09. The van der Waals surface area contributed by atoms with Gasteiger partial charge in [0.25, 0.3) is 0 Å². The van der Waals surface area contributed by atoms with E-state index in [9.17, 15) is 9.50 Å². The van der Waals surface area contributed by atoms with Crippen LogP contribution in [0.5, 0.6) is 0 Å². The van der Waals surface area contributed by atoms with Crippen LogP contribution in [-0.2, 0) is 6.54 Å². The van der Waals surface area contributed by atoms with Crippen LogP contribution in [0.25, 0.3) is 0 Å². The van der Waals surface area contributed by atoms with Crippen molar-refractivity contribution in [2.75, 3.05) is 6.54 Å². The molecular formula is C15H23FN2O. The third-order valence-electron chi connectivity index (χ3n) is 4.08. The fourth-order valence-electron chi connectivity index (χ4n) is 2.56. The van der Waals surface area contributed by atoms with E-state index in [-0.39, 0.29) is 5.82 Å². The summed E-state index contributed by atoms with van der Waals surface area (Å²) in [6, 6.07) is 1.47. The van der Waals surface area contributed by atoms with Crippen LogP contribution in [0.3, 0.4) is 0 Å². The van der Waals surface area contributed by atoms with Crippen LogP contribution in [0, 0.1) is 11.2 Å². The molecule has 1 saturated carbocycles. The molecule has 2 N–H and O–H groups in total. The lowest BCUT2D eigenvalue weighted by atomic mass is 9.71. The largest absolute Gasteiger partial charge is 0.389 e. The van der Waals surface area contributed by atoms with Crippen molar-refractivity contribution >= 4 is 0 Å². The first-order chi connectivity index (χ1) is 8.89. The minimum atomic E-state index is -0.615. The predicted octanol–water partition coefficient (Wildman–Crippen LogP) is 2.64. The van der Waals surface area contributed by atoms with Crippen molar-refractivity contribution in [3.63, 3.8) is 0 Å². The number of pyridine rings is 1. The smallest absolute Gasteiger partial charge is 0.141 e. The van der Waals surface area contributed by atoms with Gasteiger partial charge in [-0.3, -0.25) is 4.98 Å². The van der Waals surface area contributed by atoms with Crippen molar-refractivity contribution < 1.29 is 9.50 Å². The van der Waals surface area contributed by atoms with Crippen molar-refractivity contribution in [3.05, 3.63) is 29.8 Å². The molecule has 0 unspecified atom stereocenters. The molecule has 0 atom stereocenters. The number of aliphatic hydroxyl groups is 1. The summed E-state index contributed by atoms with van der Waals surface area (Å²) in [7, 11) is 0. The zero-order chi connectivity index (χ0) is 13.9. The normalized spacial score (nSPS) is 21.3. The number of aromatic nitrogens is 1. The minimum absolute atomic E-state index is 0.322. The Morgan fingerprint density at radius 3 is 2.58 bits per heavy atom. The highest BCUT2D eigenvalue weighted by Gasteiger charge is 2.36. The Kier molecular flexibility index (Phi) is 4.21. The van der Waals surface area contributed by atoms with E-state index in [0.717, 1.165) is 31.2 Å². The van der Waals surface area contributed by atoms with Crippen LogP contribution in [-0.4, -0.2) is 22.2 Å². The zero-order valence-corrected chi connectivity index (χ0v) is 11.7. The van der Waals surface area contributed by atoms with E-state index in [0.29, 0.717) is 18.5 Å². The third-order valence-corrected chi connectivity index (χ3v) is 4.08. The van der Waals surface area contributed by atoms with E-state index in [4.69, 9.17) is 0 Å². The molecule has 1 aromatic rings. The molecule has 0 radical (unpaired) electrons. The number of nitrogens with zero attached hydrogens (tertiary/aromatic N) is 1. The van der Waals surface area contributed by atoms with Gasteiger partial charge in [-0.1, -0.05) is 13.8 Å². The molecular weight excluding hydrogens is 243 g/mol. The Balaban J connectivity index is 1.79. The molecule has 19 heavy (non-hydrogen) atoms. The predicted molar refractivity (Wildman–Crippen MR) is 73.1 cm³/mol. The second kappa shape index (κ2) is 5.55. The van der Waals surface area contributed by atoms with E-state index in [2.05, 4.69) is 24.1 Å². The molecule has 1 aliphatic carbocycles. The molecule has 0 spiro atoms. The molecule has 2 rings (SSSR count). The van der Waals surface area contributed by atoms with Gasteiger partial charge in [-0.25, -0.2) is 4.39 Å². The Morgan fingerprint density at radius 2 is 1.95 bits per heavy atom. The van der Waals surface area contributed by atoms with Crippen LogP contribution in [0.15, 0.2) is 18.5 Å². The van der Waals surface area contributed by atoms with Gasteiger partial charge < -0.3 is 10.4 Å². The number of rotatable bonds is 4. The molecule has 1 aromatic heterocycles. The molecule has 1 fully saturated rings. The van der Waals surface area contributed by atoms with Gasteiger partial charge in [0.05, 0.1) is 11.8 Å². The number of hydrogen-bond donors (Lipinski definition) is 2. The SMILES string of the molecule is CC1(C)CCC(O)(CNCc2cncc(F)c2)CC1. The summed E-state index contributed by atoms with van der Waals surface area (Å²) in [4.78, 5) is 3.81. The van der Waals surface area contributed by atoms with Gasteiger partial charge in [0.1, 0.15) is 5.82 Å². The first-order valence-electron chi connectivity index (χ1n) is 6.91. The first kappa shape index (κ1) is 14.4. The lowest BCUT2D eigenvalue weighted by Crippen LogP contribution is -2.44. The summed E-state index contributed by atoms with van der Waals surface area (Å²) in [5.41, 5.74) is 0.536. The zero-order valence-electron chi connectivity index (χ0n) is 11.7. The number of hydrogen-bond acceptors (Lipinski definition) is 3. The van der Waals surface area contributed by atoms with E-state index < -0.39 is 5.60 Å². The van der Waals surface area contributed by atoms with Gasteiger partial charge in [0.2, 0.25) is 0 Å². The van der Waals surface area contributed by atoms with Crippen LogP contribution < -0.4 is 5.32 Å². The van der Waals surface area contributed by atoms with Crippen LogP contribution in [0.2, 0.25) is 0 Å². The fourth-order valence-corrected chi connectivity index (χ4v) is 2.56. The highest BCUT2D eigenvalue weighted by atomic mass is 19.1. The van der Waals surface area contributed by atoms with E-state index in [1.807, 2.05) is 0 Å². The van der Waals surface area contributed by atoms with Crippen molar-refractivity contribution in [1.82, 2.24) is 10.3 Å². The molecule has 0 saturated heterocycles. The monoisotopic (exact) mass is 266 g/mol. The topological polar surface area (TPSA) is 45.1 Å². The Labute approximate surface area is 114 Å². The third kappa shape index (κ3) is 4.25. The molecule has 0 amide bonds. The van der Waals surface area contributed by atoms with Crippen LogP contribution in [0.1, 0.15) is 45.1 Å². The lowest BCUT2D eigenvalue weighted by molar-refractivity contribution is -0.0245. The molecule has 0 aliphatic heterocycles. The highest BCUT2D eigenvalue weighted by Crippen LogP contribution is 2.39. The first-order valence-corrected chi connectivity index (χ1v) is 6.91. The number of halogens is 1. The van der Waals surface area contributed by atoms with Crippen LogP contribution in [0.4, 0.5) is 4.39 Å². The Morgan fingerprint density at radius 1 is 1.26 bits per heavy atom. The molecule has 1 aliphatic rings. The van der Waals surface area contributed by atoms with Crippen molar-refractivity contribution in [2.45, 2.75) is 51.7 Å². The maximum absolute atomic E-state index is 13.0. The summed E-state index contributed by atoms with van der Waals surface area (Å²) < 4.78 is 13.0. The van der Waals surface area contributed by atoms with Crippen molar-refractivity contribution in [3.8, 4) is 0 Å². The summed E-state index contributed by atoms with van der Waals surface area (Å²) in [6.45, 7) is 5.59. The van der Waals surface area contributed by atoms with Gasteiger partial charge in [-0.2, -0.15) is 0 Å². The lowest BCUT2D eigenvalue weighted by Gasteiger charge is -2.40. The summed E-state index contributed by atoms with van der Waals surface area (Å²) >= 11 is 0. The van der Waals surface area contributed by atoms with Gasteiger partial charge >= 0.3 is 0 Å². The second-order valence-corrected chi connectivity index (χ2v) is 6.50. The average molecular weight is 266 g/mol. The summed E-state index contributed by atoms with van der Waals surface area (Å²) in [5.74, 6) is -0.322. The Bertz CT molecular complexity index is 424. The average Bonchev–Trinajstić information content (AvgIpc) is 2.34. The van der Waals surface area contributed by atoms with E-state index in [1.165, 1.54) is 12.3 Å². The molecule has 1 heterocycles. The molecule has 106 valence electrons. The van der Waals surface area contributed by atoms with E-state index >= 15 is 0 Å².